The van der Waals surface area contributed by atoms with Gasteiger partial charge in [-0.05, 0) is 63.6 Å². The van der Waals surface area contributed by atoms with Gasteiger partial charge in [0.2, 0.25) is 5.95 Å². The number of fused-ring (bicyclic) bond motifs is 1. The van der Waals surface area contributed by atoms with Crippen molar-refractivity contribution in [1.82, 2.24) is 19.7 Å². The summed E-state index contributed by atoms with van der Waals surface area (Å²) in [5.41, 5.74) is 8.75. The van der Waals surface area contributed by atoms with Crippen LogP contribution in [0.5, 0.6) is 5.75 Å². The number of hydrogen-bond donors (Lipinski definition) is 5. The van der Waals surface area contributed by atoms with Crippen LogP contribution in [0, 0.1) is 0 Å². The molecule has 10 heteroatoms. The van der Waals surface area contributed by atoms with Crippen molar-refractivity contribution in [1.29, 1.82) is 0 Å². The third-order valence-electron chi connectivity index (χ3n) is 6.20. The van der Waals surface area contributed by atoms with Gasteiger partial charge < -0.3 is 26.6 Å². The molecule has 3 aromatic rings. The number of nitrogens with zero attached hydrogens (tertiary/aromatic N) is 4. The second-order valence-corrected chi connectivity index (χ2v) is 9.59. The van der Waals surface area contributed by atoms with Crippen molar-refractivity contribution in [2.75, 3.05) is 10.6 Å². The van der Waals surface area contributed by atoms with Gasteiger partial charge in [0.05, 0.1) is 5.69 Å². The Labute approximate surface area is 198 Å². The maximum Gasteiger partial charge on any atom is 0.339 e. The summed E-state index contributed by atoms with van der Waals surface area (Å²) in [5, 5.41) is 30.9. The van der Waals surface area contributed by atoms with Crippen LogP contribution in [-0.4, -0.2) is 48.0 Å². The second-order valence-electron chi connectivity index (χ2n) is 9.59. The zero-order chi connectivity index (χ0) is 24.6. The molecule has 0 unspecified atom stereocenters. The van der Waals surface area contributed by atoms with Crippen molar-refractivity contribution in [3.05, 3.63) is 29.5 Å². The first-order valence-electron chi connectivity index (χ1n) is 11.8. The van der Waals surface area contributed by atoms with E-state index in [1.165, 1.54) is 12.1 Å². The minimum Gasteiger partial charge on any atom is -0.507 e. The van der Waals surface area contributed by atoms with Crippen LogP contribution in [0.4, 0.5) is 17.5 Å². The number of aromatic hydroxyl groups is 1. The number of nitrogens with two attached hydrogens (primary N) is 1. The van der Waals surface area contributed by atoms with E-state index in [-0.39, 0.29) is 35.4 Å². The third-order valence-corrected chi connectivity index (χ3v) is 6.20. The van der Waals surface area contributed by atoms with Crippen LogP contribution < -0.4 is 16.4 Å². The molecule has 0 atom stereocenters. The maximum absolute atomic E-state index is 11.5. The van der Waals surface area contributed by atoms with E-state index < -0.39 is 5.97 Å². The molecular formula is C24H33N7O3. The maximum atomic E-state index is 11.5. The van der Waals surface area contributed by atoms with E-state index in [2.05, 4.69) is 24.5 Å². The Kier molecular flexibility index (Phi) is 6.60. The number of nitrogens with one attached hydrogen (secondary N) is 2. The van der Waals surface area contributed by atoms with E-state index in [1.54, 1.807) is 6.07 Å². The van der Waals surface area contributed by atoms with Crippen LogP contribution in [0.1, 0.15) is 81.4 Å². The van der Waals surface area contributed by atoms with E-state index in [0.29, 0.717) is 17.5 Å². The highest BCUT2D eigenvalue weighted by molar-refractivity contribution is 5.94. The van der Waals surface area contributed by atoms with Crippen molar-refractivity contribution in [2.24, 2.45) is 5.73 Å². The highest BCUT2D eigenvalue weighted by atomic mass is 16.4. The van der Waals surface area contributed by atoms with Gasteiger partial charge in [-0.2, -0.15) is 10.1 Å². The first-order chi connectivity index (χ1) is 16.1. The summed E-state index contributed by atoms with van der Waals surface area (Å²) in [6.45, 7) is 8.24. The van der Waals surface area contributed by atoms with Crippen LogP contribution in [0.2, 0.25) is 0 Å². The molecule has 0 saturated heterocycles. The summed E-state index contributed by atoms with van der Waals surface area (Å²) in [6.07, 6.45) is 3.82. The highest BCUT2D eigenvalue weighted by Gasteiger charge is 2.24. The van der Waals surface area contributed by atoms with E-state index >= 15 is 0 Å². The van der Waals surface area contributed by atoms with Crippen molar-refractivity contribution < 1.29 is 15.0 Å². The van der Waals surface area contributed by atoms with Gasteiger partial charge in [0.15, 0.2) is 5.82 Å². The largest absolute Gasteiger partial charge is 0.507 e. The van der Waals surface area contributed by atoms with Crippen molar-refractivity contribution in [3.63, 3.8) is 0 Å². The van der Waals surface area contributed by atoms with Crippen molar-refractivity contribution >= 4 is 34.5 Å². The van der Waals surface area contributed by atoms with Gasteiger partial charge in [0.25, 0.3) is 0 Å². The quantitative estimate of drug-likeness (QED) is 0.319. The number of benzene rings is 1. The fourth-order valence-corrected chi connectivity index (χ4v) is 4.35. The molecule has 0 bridgehead atoms. The lowest BCUT2D eigenvalue weighted by Crippen LogP contribution is -2.33. The normalized spacial score (nSPS) is 18.6. The van der Waals surface area contributed by atoms with Gasteiger partial charge in [-0.1, -0.05) is 13.8 Å². The van der Waals surface area contributed by atoms with Crippen LogP contribution >= 0.6 is 0 Å². The van der Waals surface area contributed by atoms with Gasteiger partial charge >= 0.3 is 5.97 Å². The molecule has 182 valence electrons. The lowest BCUT2D eigenvalue weighted by molar-refractivity contribution is 0.0694. The number of aromatic nitrogens is 4. The standard InChI is InChI=1S/C24H33N7O3/c1-12(2)19-20-21(31(30-19)13(3)4)22(26-16-9-10-18(32)17(11-16)23(33)34)29-24(28-20)27-15-7-5-14(25)6-8-15/h9-15,32H,5-8,25H2,1-4H3,(H,33,34)(H2,26,27,28,29). The molecule has 4 rings (SSSR count). The molecular weight excluding hydrogens is 434 g/mol. The summed E-state index contributed by atoms with van der Waals surface area (Å²) < 4.78 is 1.90. The molecule has 1 aliphatic rings. The fourth-order valence-electron chi connectivity index (χ4n) is 4.35. The summed E-state index contributed by atoms with van der Waals surface area (Å²) >= 11 is 0. The Bertz CT molecular complexity index is 1200. The molecule has 1 saturated carbocycles. The molecule has 2 aromatic heterocycles. The van der Waals surface area contributed by atoms with E-state index in [1.807, 2.05) is 18.5 Å². The number of carbonyl (C=O) groups is 1. The zero-order valence-electron chi connectivity index (χ0n) is 20.0. The molecule has 0 aliphatic heterocycles. The topological polar surface area (TPSA) is 151 Å². The number of phenols is 1. The molecule has 1 aromatic carbocycles. The number of hydrogen-bond acceptors (Lipinski definition) is 8. The Morgan fingerprint density at radius 1 is 1.15 bits per heavy atom. The van der Waals surface area contributed by atoms with Crippen LogP contribution in [0.25, 0.3) is 11.0 Å². The molecule has 10 nitrogen and oxygen atoms in total. The predicted octanol–water partition coefficient (Wildman–Crippen LogP) is 4.36. The fraction of sp³-hybridized carbons (Fsp3) is 0.500. The summed E-state index contributed by atoms with van der Waals surface area (Å²) in [5.74, 6) is -0.328. The number of carboxylic acid groups (broad SMARTS) is 1. The molecule has 1 aliphatic carbocycles. The van der Waals surface area contributed by atoms with Crippen LogP contribution in [0.3, 0.4) is 0 Å². The van der Waals surface area contributed by atoms with Gasteiger partial charge in [-0.3, -0.25) is 4.68 Å². The molecule has 2 heterocycles. The second kappa shape index (κ2) is 9.46. The molecule has 0 spiro atoms. The Balaban J connectivity index is 1.82. The van der Waals surface area contributed by atoms with E-state index in [9.17, 15) is 15.0 Å². The molecule has 1 fully saturated rings. The molecule has 0 amide bonds. The molecule has 34 heavy (non-hydrogen) atoms. The minimum absolute atomic E-state index is 0.0622. The SMILES string of the molecule is CC(C)c1nn(C(C)C)c2c(Nc3ccc(O)c(C(=O)O)c3)nc(NC3CCC(N)CC3)nc12. The number of anilines is 3. The molecule has 0 radical (unpaired) electrons. The number of rotatable bonds is 7. The minimum atomic E-state index is -1.21. The third kappa shape index (κ3) is 4.77. The Morgan fingerprint density at radius 2 is 1.85 bits per heavy atom. The smallest absolute Gasteiger partial charge is 0.339 e. The monoisotopic (exact) mass is 467 g/mol. The number of aromatic carboxylic acids is 1. The number of carboxylic acids is 1. The zero-order valence-corrected chi connectivity index (χ0v) is 20.0. The van der Waals surface area contributed by atoms with Gasteiger partial charge in [-0.25, -0.2) is 9.78 Å². The van der Waals surface area contributed by atoms with E-state index in [4.69, 9.17) is 20.8 Å². The average molecular weight is 468 g/mol. The van der Waals surface area contributed by atoms with Gasteiger partial charge in [0.1, 0.15) is 22.3 Å². The first kappa shape index (κ1) is 23.7. The van der Waals surface area contributed by atoms with Gasteiger partial charge in [-0.15, -0.1) is 0 Å². The van der Waals surface area contributed by atoms with Crippen LogP contribution in [-0.2, 0) is 0 Å². The average Bonchev–Trinajstić information content (AvgIpc) is 3.17. The van der Waals surface area contributed by atoms with E-state index in [0.717, 1.165) is 42.4 Å². The van der Waals surface area contributed by atoms with Crippen molar-refractivity contribution in [2.45, 2.75) is 77.4 Å². The summed E-state index contributed by atoms with van der Waals surface area (Å²) in [4.78, 5) is 21.2. The summed E-state index contributed by atoms with van der Waals surface area (Å²) in [6, 6.07) is 4.90. The molecule has 6 N–H and O–H groups in total. The Hall–Kier alpha value is -3.40. The predicted molar refractivity (Wildman–Crippen MR) is 132 cm³/mol. The lowest BCUT2D eigenvalue weighted by atomic mass is 9.92. The van der Waals surface area contributed by atoms with Crippen molar-refractivity contribution in [3.8, 4) is 5.75 Å². The van der Waals surface area contributed by atoms with Gasteiger partial charge in [0, 0.05) is 23.8 Å². The summed E-state index contributed by atoms with van der Waals surface area (Å²) in [7, 11) is 0. The first-order valence-corrected chi connectivity index (χ1v) is 11.8. The lowest BCUT2D eigenvalue weighted by Gasteiger charge is -2.27. The highest BCUT2D eigenvalue weighted by Crippen LogP contribution is 2.34. The van der Waals surface area contributed by atoms with Crippen LogP contribution in [0.15, 0.2) is 18.2 Å². The Morgan fingerprint density at radius 3 is 2.47 bits per heavy atom.